The van der Waals surface area contributed by atoms with E-state index in [1.54, 1.807) is 32.5 Å². The number of H-pyrrole nitrogens is 1. The molecule has 2 N–H and O–H groups in total. The molecule has 1 unspecified atom stereocenters. The second-order valence-corrected chi connectivity index (χ2v) is 6.49. The van der Waals surface area contributed by atoms with Gasteiger partial charge in [-0.25, -0.2) is 4.98 Å². The first kappa shape index (κ1) is 19.5. The van der Waals surface area contributed by atoms with Crippen molar-refractivity contribution in [2.75, 3.05) is 14.2 Å². The number of nitrogens with one attached hydrogen (secondary N) is 2. The fraction of sp³-hybridized carbons (Fsp3) is 0.273. The number of aromatic nitrogens is 2. The minimum atomic E-state index is -0.233. The number of hydrogen-bond acceptors (Lipinski definition) is 4. The van der Waals surface area contributed by atoms with Crippen molar-refractivity contribution in [1.82, 2.24) is 15.3 Å². The van der Waals surface area contributed by atoms with E-state index in [0.717, 1.165) is 22.6 Å². The maximum Gasteiger partial charge on any atom is 0.252 e. The van der Waals surface area contributed by atoms with E-state index in [0.29, 0.717) is 23.5 Å². The molecule has 146 valence electrons. The summed E-state index contributed by atoms with van der Waals surface area (Å²) >= 11 is 0. The van der Waals surface area contributed by atoms with Gasteiger partial charge in [-0.15, -0.1) is 0 Å². The lowest BCUT2D eigenvalue weighted by Gasteiger charge is -2.17. The summed E-state index contributed by atoms with van der Waals surface area (Å²) in [5, 5.41) is 3.04. The summed E-state index contributed by atoms with van der Waals surface area (Å²) in [4.78, 5) is 20.6. The van der Waals surface area contributed by atoms with Crippen LogP contribution < -0.4 is 14.8 Å². The summed E-state index contributed by atoms with van der Waals surface area (Å²) in [7, 11) is 3.15. The van der Waals surface area contributed by atoms with Gasteiger partial charge in [0.15, 0.2) is 0 Å². The number of imidazole rings is 1. The summed E-state index contributed by atoms with van der Waals surface area (Å²) in [6.07, 6.45) is 2.49. The van der Waals surface area contributed by atoms with E-state index in [2.05, 4.69) is 15.3 Å². The average Bonchev–Trinajstić information content (AvgIpc) is 3.22. The van der Waals surface area contributed by atoms with Crippen molar-refractivity contribution < 1.29 is 14.3 Å². The second-order valence-electron chi connectivity index (χ2n) is 6.49. The van der Waals surface area contributed by atoms with Gasteiger partial charge in [0.05, 0.1) is 32.2 Å². The Morgan fingerprint density at radius 3 is 2.36 bits per heavy atom. The lowest BCUT2D eigenvalue weighted by Crippen LogP contribution is -2.29. The van der Waals surface area contributed by atoms with Crippen LogP contribution in [-0.2, 0) is 0 Å². The Balaban J connectivity index is 1.82. The smallest absolute Gasteiger partial charge is 0.252 e. The van der Waals surface area contributed by atoms with Crippen LogP contribution in [0.25, 0.3) is 11.3 Å². The van der Waals surface area contributed by atoms with E-state index in [1.807, 2.05) is 44.2 Å². The van der Waals surface area contributed by atoms with Crippen molar-refractivity contribution in [3.8, 4) is 22.8 Å². The van der Waals surface area contributed by atoms with Crippen molar-refractivity contribution in [2.45, 2.75) is 26.3 Å². The Morgan fingerprint density at radius 1 is 1.14 bits per heavy atom. The van der Waals surface area contributed by atoms with Gasteiger partial charge in [0.1, 0.15) is 17.3 Å². The number of carbonyl (C=O) groups excluding carboxylic acids is 1. The number of benzene rings is 2. The molecule has 0 aliphatic rings. The first-order valence-corrected chi connectivity index (χ1v) is 9.21. The highest BCUT2D eigenvalue weighted by atomic mass is 16.5. The summed E-state index contributed by atoms with van der Waals surface area (Å²) < 4.78 is 10.7. The van der Waals surface area contributed by atoms with Gasteiger partial charge in [-0.2, -0.15) is 0 Å². The van der Waals surface area contributed by atoms with Gasteiger partial charge in [-0.1, -0.05) is 37.3 Å². The molecule has 0 spiro atoms. The average molecular weight is 379 g/mol. The lowest BCUT2D eigenvalue weighted by atomic mass is 10.1. The SMILES string of the molecule is CCC(NC(=O)c1cc(OC)c(C)c(OC)c1)c1ncc(-c2ccccc2)[nH]1. The number of amides is 1. The molecule has 0 fully saturated rings. The first-order valence-electron chi connectivity index (χ1n) is 9.21. The highest BCUT2D eigenvalue weighted by molar-refractivity contribution is 5.95. The minimum Gasteiger partial charge on any atom is -0.496 e. The Bertz CT molecular complexity index is 926. The Morgan fingerprint density at radius 2 is 1.79 bits per heavy atom. The predicted molar refractivity (Wildman–Crippen MR) is 109 cm³/mol. The van der Waals surface area contributed by atoms with Gasteiger partial charge >= 0.3 is 0 Å². The van der Waals surface area contributed by atoms with Gasteiger partial charge in [-0.05, 0) is 31.0 Å². The highest BCUT2D eigenvalue weighted by Gasteiger charge is 2.19. The van der Waals surface area contributed by atoms with Crippen molar-refractivity contribution >= 4 is 5.91 Å². The van der Waals surface area contributed by atoms with Crippen LogP contribution in [0.3, 0.4) is 0 Å². The van der Waals surface area contributed by atoms with Crippen LogP contribution in [0, 0.1) is 6.92 Å². The number of hydrogen-bond donors (Lipinski definition) is 2. The maximum absolute atomic E-state index is 12.8. The standard InChI is InChI=1S/C22H25N3O3/c1-5-17(21-23-13-18(24-21)15-9-7-6-8-10-15)25-22(26)16-11-19(27-3)14(2)20(12-16)28-4/h6-13,17H,5H2,1-4H3,(H,23,24)(H,25,26). The van der Waals surface area contributed by atoms with E-state index in [9.17, 15) is 4.79 Å². The third kappa shape index (κ3) is 4.01. The van der Waals surface area contributed by atoms with Crippen LogP contribution in [0.15, 0.2) is 48.7 Å². The number of carbonyl (C=O) groups is 1. The zero-order valence-electron chi connectivity index (χ0n) is 16.6. The van der Waals surface area contributed by atoms with Gasteiger partial charge in [-0.3, -0.25) is 4.79 Å². The molecule has 1 heterocycles. The van der Waals surface area contributed by atoms with Crippen molar-refractivity contribution in [2.24, 2.45) is 0 Å². The third-order valence-corrected chi connectivity index (χ3v) is 4.74. The summed E-state index contributed by atoms with van der Waals surface area (Å²) in [5.74, 6) is 1.74. The van der Waals surface area contributed by atoms with Crippen molar-refractivity contribution in [3.63, 3.8) is 0 Å². The molecule has 6 nitrogen and oxygen atoms in total. The molecule has 0 aliphatic heterocycles. The number of ether oxygens (including phenoxy) is 2. The minimum absolute atomic E-state index is 0.207. The van der Waals surface area contributed by atoms with Gasteiger partial charge in [0, 0.05) is 11.1 Å². The second kappa shape index (κ2) is 8.61. The molecule has 0 radical (unpaired) electrons. The molecule has 3 rings (SSSR count). The molecule has 1 atom stereocenters. The van der Waals surface area contributed by atoms with Crippen molar-refractivity contribution in [3.05, 3.63) is 65.6 Å². The fourth-order valence-corrected chi connectivity index (χ4v) is 3.10. The van der Waals surface area contributed by atoms with Crippen LogP contribution in [0.4, 0.5) is 0 Å². The van der Waals surface area contributed by atoms with E-state index < -0.39 is 0 Å². The maximum atomic E-state index is 12.8. The number of nitrogens with zero attached hydrogens (tertiary/aromatic N) is 1. The summed E-state index contributed by atoms with van der Waals surface area (Å²) in [6, 6.07) is 13.2. The van der Waals surface area contributed by atoms with Crippen LogP contribution in [0.1, 0.15) is 41.1 Å². The van der Waals surface area contributed by atoms with E-state index >= 15 is 0 Å². The molecule has 1 amide bonds. The van der Waals surface area contributed by atoms with Gasteiger partial charge < -0.3 is 19.8 Å². The molecule has 0 aliphatic carbocycles. The molecular weight excluding hydrogens is 354 g/mol. The van der Waals surface area contributed by atoms with Crippen LogP contribution in [0.5, 0.6) is 11.5 Å². The van der Waals surface area contributed by atoms with E-state index in [-0.39, 0.29) is 11.9 Å². The Labute approximate surface area is 164 Å². The molecule has 0 saturated carbocycles. The molecule has 28 heavy (non-hydrogen) atoms. The quantitative estimate of drug-likeness (QED) is 0.642. The Kier molecular flexibility index (Phi) is 5.99. The molecule has 0 saturated heterocycles. The van der Waals surface area contributed by atoms with E-state index in [1.165, 1.54) is 0 Å². The molecule has 2 aromatic carbocycles. The van der Waals surface area contributed by atoms with E-state index in [4.69, 9.17) is 9.47 Å². The normalized spacial score (nSPS) is 11.7. The number of rotatable bonds is 7. The molecule has 0 bridgehead atoms. The topological polar surface area (TPSA) is 76.2 Å². The zero-order valence-corrected chi connectivity index (χ0v) is 16.6. The lowest BCUT2D eigenvalue weighted by molar-refractivity contribution is 0.0933. The largest absolute Gasteiger partial charge is 0.496 e. The van der Waals surface area contributed by atoms with Crippen LogP contribution >= 0.6 is 0 Å². The molecule has 1 aromatic heterocycles. The zero-order chi connectivity index (χ0) is 20.1. The fourth-order valence-electron chi connectivity index (χ4n) is 3.10. The molecule has 3 aromatic rings. The number of aromatic amines is 1. The van der Waals surface area contributed by atoms with Crippen molar-refractivity contribution in [1.29, 1.82) is 0 Å². The summed E-state index contributed by atoms with van der Waals surface area (Å²) in [6.45, 7) is 3.90. The molecule has 6 heteroatoms. The predicted octanol–water partition coefficient (Wildman–Crippen LogP) is 4.28. The first-order chi connectivity index (χ1) is 13.6. The highest BCUT2D eigenvalue weighted by Crippen LogP contribution is 2.30. The third-order valence-electron chi connectivity index (χ3n) is 4.74. The van der Waals surface area contributed by atoms with Gasteiger partial charge in [0.2, 0.25) is 0 Å². The van der Waals surface area contributed by atoms with Gasteiger partial charge in [0.25, 0.3) is 5.91 Å². The van der Waals surface area contributed by atoms with Crippen LogP contribution in [0.2, 0.25) is 0 Å². The monoisotopic (exact) mass is 379 g/mol. The Hall–Kier alpha value is -3.28. The molecular formula is C22H25N3O3. The number of methoxy groups -OCH3 is 2. The van der Waals surface area contributed by atoms with Crippen LogP contribution in [-0.4, -0.2) is 30.1 Å². The summed E-state index contributed by atoms with van der Waals surface area (Å²) in [5.41, 5.74) is 3.30.